The third kappa shape index (κ3) is 3.92. The summed E-state index contributed by atoms with van der Waals surface area (Å²) in [6.07, 6.45) is 2.05. The zero-order chi connectivity index (χ0) is 17.4. The van der Waals surface area contributed by atoms with Crippen molar-refractivity contribution in [2.75, 3.05) is 11.5 Å². The monoisotopic (exact) mass is 368 g/mol. The Kier molecular flexibility index (Phi) is 4.33. The van der Waals surface area contributed by atoms with Crippen molar-refractivity contribution in [1.82, 2.24) is 0 Å². The molecular formula is C15H16N2O5S2. The van der Waals surface area contributed by atoms with E-state index in [0.29, 0.717) is 23.5 Å². The van der Waals surface area contributed by atoms with Crippen molar-refractivity contribution in [2.45, 2.75) is 17.4 Å². The molecule has 128 valence electrons. The first-order chi connectivity index (χ1) is 11.2. The molecule has 0 saturated carbocycles. The van der Waals surface area contributed by atoms with Gasteiger partial charge in [0.1, 0.15) is 11.5 Å². The van der Waals surface area contributed by atoms with Gasteiger partial charge in [-0.2, -0.15) is 0 Å². The molecule has 1 aromatic heterocycles. The van der Waals surface area contributed by atoms with Crippen LogP contribution < -0.4 is 5.14 Å². The molecule has 1 saturated heterocycles. The lowest BCUT2D eigenvalue weighted by molar-refractivity contribution is 0.573. The summed E-state index contributed by atoms with van der Waals surface area (Å²) in [5.41, 5.74) is 0.700. The van der Waals surface area contributed by atoms with E-state index in [0.717, 1.165) is 0 Å². The molecule has 0 radical (unpaired) electrons. The Hall–Kier alpha value is -1.97. The van der Waals surface area contributed by atoms with Crippen LogP contribution in [0.4, 0.5) is 0 Å². The highest BCUT2D eigenvalue weighted by Crippen LogP contribution is 2.23. The molecule has 3 rings (SSSR count). The van der Waals surface area contributed by atoms with Crippen LogP contribution in [0.5, 0.6) is 0 Å². The minimum absolute atomic E-state index is 0.0297. The molecule has 2 heterocycles. The van der Waals surface area contributed by atoms with Crippen molar-refractivity contribution in [3.8, 4) is 11.3 Å². The number of primary sulfonamides is 1. The van der Waals surface area contributed by atoms with Crippen LogP contribution in [0.2, 0.25) is 0 Å². The standard InChI is InChI=1S/C15H16N2O5S2/c16-24(20,21)14-4-1-11(2-5-14)15-6-3-13(22-15)9-17-12-7-8-23(18,19)10-12/h1-6,9,12H,7-8,10H2,(H2,16,20,21)/t12-/m0/s1. The second kappa shape index (κ2) is 6.15. The Bertz CT molecular complexity index is 973. The number of sulfonamides is 1. The number of hydrogen-bond donors (Lipinski definition) is 1. The largest absolute Gasteiger partial charge is 0.455 e. The van der Waals surface area contributed by atoms with Gasteiger partial charge in [0.15, 0.2) is 9.84 Å². The number of sulfone groups is 1. The van der Waals surface area contributed by atoms with Crippen LogP contribution in [0.25, 0.3) is 11.3 Å². The Labute approximate surface area is 140 Å². The average molecular weight is 368 g/mol. The van der Waals surface area contributed by atoms with E-state index in [2.05, 4.69) is 4.99 Å². The molecular weight excluding hydrogens is 352 g/mol. The van der Waals surface area contributed by atoms with Gasteiger partial charge in [-0.1, -0.05) is 0 Å². The van der Waals surface area contributed by atoms with Crippen molar-refractivity contribution in [3.63, 3.8) is 0 Å². The summed E-state index contributed by atoms with van der Waals surface area (Å²) < 4.78 is 50.9. The van der Waals surface area contributed by atoms with Crippen LogP contribution in [0.15, 0.2) is 50.7 Å². The lowest BCUT2D eigenvalue weighted by atomic mass is 10.2. The van der Waals surface area contributed by atoms with Crippen LogP contribution in [-0.2, 0) is 19.9 Å². The van der Waals surface area contributed by atoms with Gasteiger partial charge < -0.3 is 4.42 Å². The summed E-state index contributed by atoms with van der Waals surface area (Å²) >= 11 is 0. The molecule has 2 N–H and O–H groups in total. The highest BCUT2D eigenvalue weighted by molar-refractivity contribution is 7.91. The van der Waals surface area contributed by atoms with Crippen LogP contribution in [0.3, 0.4) is 0 Å². The van der Waals surface area contributed by atoms with Crippen LogP contribution in [0, 0.1) is 0 Å². The van der Waals surface area contributed by atoms with E-state index < -0.39 is 19.9 Å². The third-order valence-corrected chi connectivity index (χ3v) is 6.39. The Morgan fingerprint density at radius 1 is 1.17 bits per heavy atom. The van der Waals surface area contributed by atoms with Crippen molar-refractivity contribution >= 4 is 26.1 Å². The molecule has 7 nitrogen and oxygen atoms in total. The number of furan rings is 1. The zero-order valence-electron chi connectivity index (χ0n) is 12.6. The molecule has 24 heavy (non-hydrogen) atoms. The first-order valence-corrected chi connectivity index (χ1v) is 10.6. The maximum atomic E-state index is 11.4. The number of benzene rings is 1. The molecule has 1 fully saturated rings. The first kappa shape index (κ1) is 16.9. The smallest absolute Gasteiger partial charge is 0.238 e. The van der Waals surface area contributed by atoms with Gasteiger partial charge in [-0.3, -0.25) is 4.99 Å². The van der Waals surface area contributed by atoms with E-state index in [1.54, 1.807) is 24.3 Å². The SMILES string of the molecule is NS(=O)(=O)c1ccc(-c2ccc(C=N[C@H]3CCS(=O)(=O)C3)o2)cc1. The fourth-order valence-corrected chi connectivity index (χ4v) is 4.61. The Morgan fingerprint density at radius 3 is 2.46 bits per heavy atom. The summed E-state index contributed by atoms with van der Waals surface area (Å²) in [6.45, 7) is 0. The van der Waals surface area contributed by atoms with Gasteiger partial charge in [-0.25, -0.2) is 22.0 Å². The molecule has 9 heteroatoms. The molecule has 1 aliphatic heterocycles. The minimum Gasteiger partial charge on any atom is -0.455 e. The summed E-state index contributed by atoms with van der Waals surface area (Å²) in [6, 6.07) is 9.24. The fourth-order valence-electron chi connectivity index (χ4n) is 2.46. The van der Waals surface area contributed by atoms with Gasteiger partial charge >= 0.3 is 0 Å². The van der Waals surface area contributed by atoms with Crippen molar-refractivity contribution in [2.24, 2.45) is 10.1 Å². The van der Waals surface area contributed by atoms with Crippen LogP contribution in [-0.4, -0.2) is 40.6 Å². The van der Waals surface area contributed by atoms with Gasteiger partial charge in [0.25, 0.3) is 0 Å². The minimum atomic E-state index is -3.73. The van der Waals surface area contributed by atoms with Crippen molar-refractivity contribution in [1.29, 1.82) is 0 Å². The van der Waals surface area contributed by atoms with Crippen LogP contribution in [0.1, 0.15) is 12.2 Å². The lowest BCUT2D eigenvalue weighted by Gasteiger charge is -2.00. The van der Waals surface area contributed by atoms with E-state index in [4.69, 9.17) is 9.56 Å². The van der Waals surface area contributed by atoms with Gasteiger partial charge in [0, 0.05) is 5.56 Å². The van der Waals surface area contributed by atoms with Crippen LogP contribution >= 0.6 is 0 Å². The molecule has 0 bridgehead atoms. The fraction of sp³-hybridized carbons (Fsp3) is 0.267. The molecule has 1 atom stereocenters. The molecule has 2 aromatic rings. The summed E-state index contributed by atoms with van der Waals surface area (Å²) in [5.74, 6) is 1.31. The zero-order valence-corrected chi connectivity index (χ0v) is 14.3. The molecule has 0 spiro atoms. The molecule has 1 aliphatic rings. The highest BCUT2D eigenvalue weighted by Gasteiger charge is 2.26. The second-order valence-electron chi connectivity index (χ2n) is 5.61. The van der Waals surface area contributed by atoms with Gasteiger partial charge in [-0.15, -0.1) is 0 Å². The predicted molar refractivity (Wildman–Crippen MR) is 90.2 cm³/mol. The summed E-state index contributed by atoms with van der Waals surface area (Å²) in [5, 5.41) is 5.06. The molecule has 0 aliphatic carbocycles. The maximum absolute atomic E-state index is 11.4. The first-order valence-electron chi connectivity index (χ1n) is 7.20. The average Bonchev–Trinajstić information content (AvgIpc) is 3.11. The summed E-state index contributed by atoms with van der Waals surface area (Å²) in [4.78, 5) is 4.28. The normalized spacial score (nSPS) is 20.6. The molecule has 1 aromatic carbocycles. The number of rotatable bonds is 4. The summed E-state index contributed by atoms with van der Waals surface area (Å²) in [7, 11) is -6.68. The number of hydrogen-bond acceptors (Lipinski definition) is 6. The molecule has 0 amide bonds. The van der Waals surface area contributed by atoms with E-state index in [9.17, 15) is 16.8 Å². The lowest BCUT2D eigenvalue weighted by Crippen LogP contribution is -2.11. The second-order valence-corrected chi connectivity index (χ2v) is 9.40. The van der Waals surface area contributed by atoms with E-state index in [-0.39, 0.29) is 22.4 Å². The Morgan fingerprint density at radius 2 is 1.88 bits per heavy atom. The van der Waals surface area contributed by atoms with Gasteiger partial charge in [0.2, 0.25) is 10.0 Å². The number of aliphatic imine (C=N–C) groups is 1. The quantitative estimate of drug-likeness (QED) is 0.813. The maximum Gasteiger partial charge on any atom is 0.238 e. The highest BCUT2D eigenvalue weighted by atomic mass is 32.2. The van der Waals surface area contributed by atoms with E-state index in [1.807, 2.05) is 0 Å². The predicted octanol–water partition coefficient (Wildman–Crippen LogP) is 1.20. The number of nitrogens with zero attached hydrogens (tertiary/aromatic N) is 1. The topological polar surface area (TPSA) is 120 Å². The van der Waals surface area contributed by atoms with Gasteiger partial charge in [0.05, 0.1) is 28.7 Å². The van der Waals surface area contributed by atoms with E-state index >= 15 is 0 Å². The Balaban J connectivity index is 1.74. The van der Waals surface area contributed by atoms with Crippen molar-refractivity contribution in [3.05, 3.63) is 42.2 Å². The van der Waals surface area contributed by atoms with E-state index in [1.165, 1.54) is 18.3 Å². The van der Waals surface area contributed by atoms with Crippen molar-refractivity contribution < 1.29 is 21.3 Å². The number of nitrogens with two attached hydrogens (primary N) is 1. The molecule has 0 unspecified atom stereocenters. The third-order valence-electron chi connectivity index (χ3n) is 3.72. The van der Waals surface area contributed by atoms with Gasteiger partial charge in [-0.05, 0) is 42.8 Å².